The molecule has 0 bridgehead atoms. The van der Waals surface area contributed by atoms with Gasteiger partial charge in [-0.15, -0.1) is 0 Å². The van der Waals surface area contributed by atoms with Crippen molar-refractivity contribution >= 4 is 5.97 Å². The maximum Gasteiger partial charge on any atom is 0.327 e. The highest BCUT2D eigenvalue weighted by Crippen LogP contribution is 2.04. The standard InChI is InChI=1S/C6H13N.C3H4O2/c1-2-7-5-3-4-6-7;1-2-3(4)5/h2-6H2,1H3;2H,1H2,(H,4,5). The fourth-order valence-corrected chi connectivity index (χ4v) is 1.10. The zero-order valence-electron chi connectivity index (χ0n) is 7.62. The number of carboxylic acid groups (broad SMARTS) is 1. The Morgan fingerprint density at radius 1 is 1.58 bits per heavy atom. The van der Waals surface area contributed by atoms with E-state index in [1.54, 1.807) is 0 Å². The first-order valence-corrected chi connectivity index (χ1v) is 4.28. The van der Waals surface area contributed by atoms with Crippen molar-refractivity contribution in [3.8, 4) is 0 Å². The lowest BCUT2D eigenvalue weighted by molar-refractivity contribution is -0.131. The Hall–Kier alpha value is -0.830. The van der Waals surface area contributed by atoms with E-state index in [1.165, 1.54) is 32.5 Å². The number of hydrogen-bond acceptors (Lipinski definition) is 2. The Balaban J connectivity index is 0.000000217. The van der Waals surface area contributed by atoms with Crippen LogP contribution in [0.1, 0.15) is 19.8 Å². The minimum Gasteiger partial charge on any atom is -0.478 e. The number of aliphatic carboxylic acids is 1. The van der Waals surface area contributed by atoms with Gasteiger partial charge in [0.1, 0.15) is 0 Å². The highest BCUT2D eigenvalue weighted by molar-refractivity contribution is 5.78. The molecule has 3 nitrogen and oxygen atoms in total. The third kappa shape index (κ3) is 5.92. The van der Waals surface area contributed by atoms with E-state index in [9.17, 15) is 4.79 Å². The van der Waals surface area contributed by atoms with Crippen molar-refractivity contribution in [1.29, 1.82) is 0 Å². The fourth-order valence-electron chi connectivity index (χ4n) is 1.10. The largest absolute Gasteiger partial charge is 0.478 e. The van der Waals surface area contributed by atoms with Crippen molar-refractivity contribution < 1.29 is 9.90 Å². The van der Waals surface area contributed by atoms with Crippen LogP contribution in [-0.4, -0.2) is 35.6 Å². The molecule has 1 fully saturated rings. The Morgan fingerprint density at radius 2 is 2.00 bits per heavy atom. The average molecular weight is 171 g/mol. The summed E-state index contributed by atoms with van der Waals surface area (Å²) in [6.07, 6.45) is 3.68. The van der Waals surface area contributed by atoms with E-state index in [0.29, 0.717) is 0 Å². The van der Waals surface area contributed by atoms with Crippen molar-refractivity contribution in [2.75, 3.05) is 19.6 Å². The van der Waals surface area contributed by atoms with E-state index in [-0.39, 0.29) is 0 Å². The van der Waals surface area contributed by atoms with E-state index in [0.717, 1.165) is 6.08 Å². The number of hydrogen-bond donors (Lipinski definition) is 1. The third-order valence-corrected chi connectivity index (χ3v) is 1.82. The number of rotatable bonds is 2. The summed E-state index contributed by atoms with van der Waals surface area (Å²) in [6, 6.07) is 0. The van der Waals surface area contributed by atoms with E-state index < -0.39 is 5.97 Å². The summed E-state index contributed by atoms with van der Waals surface area (Å²) in [5, 5.41) is 7.60. The van der Waals surface area contributed by atoms with Gasteiger partial charge in [-0.25, -0.2) is 4.79 Å². The molecule has 0 aromatic rings. The second-order valence-corrected chi connectivity index (χ2v) is 2.68. The highest BCUT2D eigenvalue weighted by Gasteiger charge is 2.06. The molecule has 1 heterocycles. The summed E-state index contributed by atoms with van der Waals surface area (Å²) in [5.41, 5.74) is 0. The normalized spacial score (nSPS) is 16.4. The number of nitrogens with zero attached hydrogens (tertiary/aromatic N) is 1. The number of likely N-dealkylation sites (tertiary alicyclic amines) is 1. The lowest BCUT2D eigenvalue weighted by Crippen LogP contribution is -2.17. The van der Waals surface area contributed by atoms with Gasteiger partial charge in [0, 0.05) is 6.08 Å². The second kappa shape index (κ2) is 6.85. The van der Waals surface area contributed by atoms with E-state index in [4.69, 9.17) is 5.11 Å². The molecule has 0 aromatic heterocycles. The summed E-state index contributed by atoms with van der Waals surface area (Å²) < 4.78 is 0. The molecule has 1 rings (SSSR count). The molecule has 1 aliphatic rings. The van der Waals surface area contributed by atoms with Gasteiger partial charge in [-0.05, 0) is 32.5 Å². The van der Waals surface area contributed by atoms with Gasteiger partial charge in [-0.1, -0.05) is 13.5 Å². The Kier molecular flexibility index (Phi) is 6.38. The first-order chi connectivity index (χ1) is 5.70. The number of carbonyl (C=O) groups is 1. The predicted molar refractivity (Wildman–Crippen MR) is 49.2 cm³/mol. The quantitative estimate of drug-likeness (QED) is 0.638. The lowest BCUT2D eigenvalue weighted by Gasteiger charge is -2.08. The maximum atomic E-state index is 9.25. The Labute approximate surface area is 73.7 Å². The smallest absolute Gasteiger partial charge is 0.327 e. The molecule has 0 spiro atoms. The van der Waals surface area contributed by atoms with Crippen molar-refractivity contribution in [3.63, 3.8) is 0 Å². The summed E-state index contributed by atoms with van der Waals surface area (Å²) in [5.74, 6) is -0.981. The van der Waals surface area contributed by atoms with Gasteiger partial charge in [-0.2, -0.15) is 0 Å². The molecule has 0 unspecified atom stereocenters. The molecule has 0 saturated carbocycles. The van der Waals surface area contributed by atoms with E-state index in [1.807, 2.05) is 0 Å². The molecule has 1 aliphatic heterocycles. The molecule has 1 N–H and O–H groups in total. The van der Waals surface area contributed by atoms with Gasteiger partial charge >= 0.3 is 5.97 Å². The molecule has 12 heavy (non-hydrogen) atoms. The molecule has 0 aromatic carbocycles. The van der Waals surface area contributed by atoms with Gasteiger partial charge in [0.15, 0.2) is 0 Å². The van der Waals surface area contributed by atoms with Crippen LogP contribution in [0.25, 0.3) is 0 Å². The van der Waals surface area contributed by atoms with E-state index in [2.05, 4.69) is 18.4 Å². The van der Waals surface area contributed by atoms with Crippen LogP contribution in [0.15, 0.2) is 12.7 Å². The van der Waals surface area contributed by atoms with Gasteiger partial charge in [-0.3, -0.25) is 0 Å². The van der Waals surface area contributed by atoms with Crippen molar-refractivity contribution in [1.82, 2.24) is 4.90 Å². The van der Waals surface area contributed by atoms with Crippen molar-refractivity contribution in [2.45, 2.75) is 19.8 Å². The van der Waals surface area contributed by atoms with Gasteiger partial charge in [0.05, 0.1) is 0 Å². The lowest BCUT2D eigenvalue weighted by atomic mass is 10.4. The summed E-state index contributed by atoms with van der Waals surface area (Å²) >= 11 is 0. The van der Waals surface area contributed by atoms with E-state index >= 15 is 0 Å². The molecule has 70 valence electrons. The van der Waals surface area contributed by atoms with Crippen LogP contribution in [0.2, 0.25) is 0 Å². The maximum absolute atomic E-state index is 9.25. The molecule has 1 saturated heterocycles. The van der Waals surface area contributed by atoms with Crippen molar-refractivity contribution in [2.24, 2.45) is 0 Å². The molecule has 0 atom stereocenters. The first-order valence-electron chi connectivity index (χ1n) is 4.28. The average Bonchev–Trinajstić information content (AvgIpc) is 2.57. The first kappa shape index (κ1) is 11.2. The minimum absolute atomic E-state index is 0.833. The summed E-state index contributed by atoms with van der Waals surface area (Å²) in [7, 11) is 0. The summed E-state index contributed by atoms with van der Waals surface area (Å²) in [4.78, 5) is 11.7. The zero-order valence-corrected chi connectivity index (χ0v) is 7.62. The van der Waals surface area contributed by atoms with Crippen LogP contribution < -0.4 is 0 Å². The topological polar surface area (TPSA) is 40.5 Å². The van der Waals surface area contributed by atoms with Crippen LogP contribution >= 0.6 is 0 Å². The van der Waals surface area contributed by atoms with Gasteiger partial charge in [0.25, 0.3) is 0 Å². The molecule has 0 aliphatic carbocycles. The minimum atomic E-state index is -0.981. The van der Waals surface area contributed by atoms with Crippen LogP contribution in [0, 0.1) is 0 Å². The Bertz CT molecular complexity index is 139. The molecule has 3 heteroatoms. The zero-order chi connectivity index (χ0) is 9.40. The van der Waals surface area contributed by atoms with Gasteiger partial charge in [0.2, 0.25) is 0 Å². The molecule has 0 radical (unpaired) electrons. The molecular formula is C9H17NO2. The predicted octanol–water partition coefficient (Wildman–Crippen LogP) is 1.36. The highest BCUT2D eigenvalue weighted by atomic mass is 16.4. The van der Waals surface area contributed by atoms with Gasteiger partial charge < -0.3 is 10.0 Å². The molecule has 0 amide bonds. The monoisotopic (exact) mass is 171 g/mol. The van der Waals surface area contributed by atoms with Crippen LogP contribution in [0.3, 0.4) is 0 Å². The van der Waals surface area contributed by atoms with Crippen molar-refractivity contribution in [3.05, 3.63) is 12.7 Å². The SMILES string of the molecule is C=CC(=O)O.CCN1CCCC1. The van der Waals surface area contributed by atoms with Crippen LogP contribution in [0.5, 0.6) is 0 Å². The van der Waals surface area contributed by atoms with Crippen LogP contribution in [0.4, 0.5) is 0 Å². The fraction of sp³-hybridized carbons (Fsp3) is 0.667. The third-order valence-electron chi connectivity index (χ3n) is 1.82. The second-order valence-electron chi connectivity index (χ2n) is 2.68. The number of carboxylic acids is 1. The van der Waals surface area contributed by atoms with Crippen LogP contribution in [-0.2, 0) is 4.79 Å². The molecular weight excluding hydrogens is 154 g/mol. The summed E-state index contributed by atoms with van der Waals surface area (Å²) in [6.45, 7) is 9.13. The Morgan fingerprint density at radius 3 is 2.17 bits per heavy atom.